The van der Waals surface area contributed by atoms with Crippen LogP contribution in [0.15, 0.2) is 72.8 Å². The summed E-state index contributed by atoms with van der Waals surface area (Å²) in [4.78, 5) is 24.5. The van der Waals surface area contributed by atoms with E-state index in [9.17, 15) is 9.59 Å². The number of amides is 2. The van der Waals surface area contributed by atoms with E-state index in [4.69, 9.17) is 9.47 Å². The van der Waals surface area contributed by atoms with Crippen molar-refractivity contribution < 1.29 is 19.1 Å². The Morgan fingerprint density at radius 2 is 1.28 bits per heavy atom. The number of hydrogen-bond donors (Lipinski definition) is 2. The number of hydrogen-bond acceptors (Lipinski definition) is 4. The molecule has 0 fully saturated rings. The molecule has 6 heteroatoms. The standard InChI is InChI=1S/C23H20N2O4/c26-22(18-8-6-17(7-9-18)16-4-2-1-3-5-16)24-12-13-25-23(27)19-10-11-20-21(14-19)29-15-28-20/h1-11,14H,12-13,15H2,(H,24,26)(H,25,27). The fourth-order valence-corrected chi connectivity index (χ4v) is 3.04. The van der Waals surface area contributed by atoms with Crippen LogP contribution >= 0.6 is 0 Å². The van der Waals surface area contributed by atoms with Gasteiger partial charge in [-0.3, -0.25) is 9.59 Å². The molecule has 2 amide bonds. The molecule has 0 atom stereocenters. The summed E-state index contributed by atoms with van der Waals surface area (Å²) in [5.41, 5.74) is 3.22. The third-order valence-electron chi connectivity index (χ3n) is 4.59. The smallest absolute Gasteiger partial charge is 0.251 e. The molecule has 0 saturated carbocycles. The quantitative estimate of drug-likeness (QED) is 0.636. The lowest BCUT2D eigenvalue weighted by Crippen LogP contribution is -2.34. The van der Waals surface area contributed by atoms with Gasteiger partial charge >= 0.3 is 0 Å². The molecule has 2 N–H and O–H groups in total. The number of nitrogens with one attached hydrogen (secondary N) is 2. The molecule has 1 aliphatic heterocycles. The van der Waals surface area contributed by atoms with Crippen LogP contribution in [0.25, 0.3) is 11.1 Å². The maximum absolute atomic E-state index is 12.3. The molecular formula is C23H20N2O4. The monoisotopic (exact) mass is 388 g/mol. The van der Waals surface area contributed by atoms with Crippen LogP contribution in [0, 0.1) is 0 Å². The van der Waals surface area contributed by atoms with Gasteiger partial charge in [-0.2, -0.15) is 0 Å². The van der Waals surface area contributed by atoms with Gasteiger partial charge in [0, 0.05) is 24.2 Å². The fourth-order valence-electron chi connectivity index (χ4n) is 3.04. The first-order chi connectivity index (χ1) is 14.2. The summed E-state index contributed by atoms with van der Waals surface area (Å²) in [7, 11) is 0. The minimum Gasteiger partial charge on any atom is -0.454 e. The lowest BCUT2D eigenvalue weighted by atomic mass is 10.0. The SMILES string of the molecule is O=C(NCCNC(=O)c1ccc2c(c1)OCO2)c1ccc(-c2ccccc2)cc1. The zero-order valence-electron chi connectivity index (χ0n) is 15.7. The van der Waals surface area contributed by atoms with Gasteiger partial charge in [-0.15, -0.1) is 0 Å². The fraction of sp³-hybridized carbons (Fsp3) is 0.130. The van der Waals surface area contributed by atoms with Crippen LogP contribution in [0.4, 0.5) is 0 Å². The van der Waals surface area contributed by atoms with E-state index in [2.05, 4.69) is 10.6 Å². The van der Waals surface area contributed by atoms with Crippen molar-refractivity contribution in [3.8, 4) is 22.6 Å². The van der Waals surface area contributed by atoms with Crippen LogP contribution in [-0.2, 0) is 0 Å². The lowest BCUT2D eigenvalue weighted by molar-refractivity contribution is 0.0927. The van der Waals surface area contributed by atoms with Gasteiger partial charge in [0.05, 0.1) is 0 Å². The molecule has 3 aromatic carbocycles. The van der Waals surface area contributed by atoms with Crippen molar-refractivity contribution in [3.05, 3.63) is 83.9 Å². The highest BCUT2D eigenvalue weighted by Crippen LogP contribution is 2.32. The first kappa shape index (κ1) is 18.6. The second kappa shape index (κ2) is 8.48. The van der Waals surface area contributed by atoms with Crippen LogP contribution in [0.2, 0.25) is 0 Å². The largest absolute Gasteiger partial charge is 0.454 e. The van der Waals surface area contributed by atoms with Gasteiger partial charge in [-0.1, -0.05) is 42.5 Å². The third kappa shape index (κ3) is 4.38. The summed E-state index contributed by atoms with van der Waals surface area (Å²) in [5.74, 6) is 0.781. The van der Waals surface area contributed by atoms with Gasteiger partial charge in [0.2, 0.25) is 6.79 Å². The molecule has 1 aliphatic rings. The van der Waals surface area contributed by atoms with E-state index < -0.39 is 0 Å². The van der Waals surface area contributed by atoms with Gasteiger partial charge < -0.3 is 20.1 Å². The zero-order valence-corrected chi connectivity index (χ0v) is 15.7. The van der Waals surface area contributed by atoms with Gasteiger partial charge in [0.25, 0.3) is 11.8 Å². The molecular weight excluding hydrogens is 368 g/mol. The Balaban J connectivity index is 1.25. The van der Waals surface area contributed by atoms with E-state index >= 15 is 0 Å². The predicted octanol–water partition coefficient (Wildman–Crippen LogP) is 3.24. The van der Waals surface area contributed by atoms with Crippen LogP contribution in [0.3, 0.4) is 0 Å². The molecule has 146 valence electrons. The number of carbonyl (C=O) groups is 2. The minimum absolute atomic E-state index is 0.165. The normalized spacial score (nSPS) is 11.7. The molecule has 0 radical (unpaired) electrons. The summed E-state index contributed by atoms with van der Waals surface area (Å²) in [6, 6.07) is 22.4. The van der Waals surface area contributed by atoms with Crippen molar-refractivity contribution in [2.24, 2.45) is 0 Å². The summed E-state index contributed by atoms with van der Waals surface area (Å²) in [6.07, 6.45) is 0. The van der Waals surface area contributed by atoms with Crippen molar-refractivity contribution in [2.75, 3.05) is 19.9 Å². The Bertz CT molecular complexity index is 1020. The highest BCUT2D eigenvalue weighted by molar-refractivity contribution is 5.95. The Kier molecular flexibility index (Phi) is 5.42. The maximum Gasteiger partial charge on any atom is 0.251 e. The highest BCUT2D eigenvalue weighted by atomic mass is 16.7. The van der Waals surface area contributed by atoms with Crippen molar-refractivity contribution in [3.63, 3.8) is 0 Å². The highest BCUT2D eigenvalue weighted by Gasteiger charge is 2.16. The molecule has 4 rings (SSSR count). The Labute approximate surface area is 168 Å². The average molecular weight is 388 g/mol. The van der Waals surface area contributed by atoms with E-state index in [1.807, 2.05) is 42.5 Å². The molecule has 0 saturated heterocycles. The average Bonchev–Trinajstić information content (AvgIpc) is 3.25. The molecule has 29 heavy (non-hydrogen) atoms. The number of ether oxygens (including phenoxy) is 2. The summed E-state index contributed by atoms with van der Waals surface area (Å²) >= 11 is 0. The molecule has 6 nitrogen and oxygen atoms in total. The van der Waals surface area contributed by atoms with Gasteiger partial charge in [0.1, 0.15) is 0 Å². The van der Waals surface area contributed by atoms with Crippen molar-refractivity contribution in [1.82, 2.24) is 10.6 Å². The van der Waals surface area contributed by atoms with Crippen LogP contribution in [0.1, 0.15) is 20.7 Å². The number of carbonyl (C=O) groups excluding carboxylic acids is 2. The van der Waals surface area contributed by atoms with Crippen LogP contribution in [0.5, 0.6) is 11.5 Å². The van der Waals surface area contributed by atoms with Gasteiger partial charge in [0.15, 0.2) is 11.5 Å². The van der Waals surface area contributed by atoms with Crippen LogP contribution in [-0.4, -0.2) is 31.7 Å². The summed E-state index contributed by atoms with van der Waals surface area (Å²) in [5, 5.41) is 5.59. The minimum atomic E-state index is -0.232. The van der Waals surface area contributed by atoms with Crippen molar-refractivity contribution >= 4 is 11.8 Å². The number of fused-ring (bicyclic) bond motifs is 1. The molecule has 0 aromatic heterocycles. The van der Waals surface area contributed by atoms with Gasteiger partial charge in [-0.05, 0) is 41.5 Å². The van der Waals surface area contributed by atoms with Crippen molar-refractivity contribution in [1.29, 1.82) is 0 Å². The lowest BCUT2D eigenvalue weighted by Gasteiger charge is -2.08. The topological polar surface area (TPSA) is 76.7 Å². The van der Waals surface area contributed by atoms with E-state index in [1.54, 1.807) is 30.3 Å². The first-order valence-corrected chi connectivity index (χ1v) is 9.32. The zero-order chi connectivity index (χ0) is 20.1. The second-order valence-corrected chi connectivity index (χ2v) is 6.52. The molecule has 0 bridgehead atoms. The maximum atomic E-state index is 12.3. The molecule has 3 aromatic rings. The third-order valence-corrected chi connectivity index (χ3v) is 4.59. The predicted molar refractivity (Wildman–Crippen MR) is 109 cm³/mol. The molecule has 1 heterocycles. The van der Waals surface area contributed by atoms with E-state index in [0.29, 0.717) is 35.7 Å². The second-order valence-electron chi connectivity index (χ2n) is 6.52. The Morgan fingerprint density at radius 3 is 2.00 bits per heavy atom. The Hall–Kier alpha value is -3.80. The van der Waals surface area contributed by atoms with E-state index in [1.165, 1.54) is 0 Å². The van der Waals surface area contributed by atoms with Gasteiger partial charge in [-0.25, -0.2) is 0 Å². The molecule has 0 unspecified atom stereocenters. The van der Waals surface area contributed by atoms with Crippen LogP contribution < -0.4 is 20.1 Å². The molecule has 0 aliphatic carbocycles. The summed E-state index contributed by atoms with van der Waals surface area (Å²) in [6.45, 7) is 0.815. The Morgan fingerprint density at radius 1 is 0.690 bits per heavy atom. The molecule has 0 spiro atoms. The summed E-state index contributed by atoms with van der Waals surface area (Å²) < 4.78 is 10.5. The van der Waals surface area contributed by atoms with Crippen molar-refractivity contribution in [2.45, 2.75) is 0 Å². The number of rotatable bonds is 6. The first-order valence-electron chi connectivity index (χ1n) is 9.32. The van der Waals surface area contributed by atoms with E-state index in [0.717, 1.165) is 11.1 Å². The number of benzene rings is 3. The van der Waals surface area contributed by atoms with E-state index in [-0.39, 0.29) is 18.6 Å².